The average Bonchev–Trinajstić information content (AvgIpc) is 2.95. The van der Waals surface area contributed by atoms with Crippen LogP contribution in [-0.4, -0.2) is 10.1 Å². The maximum absolute atomic E-state index is 6.21. The fourth-order valence-corrected chi connectivity index (χ4v) is 2.63. The number of rotatable bonds is 3. The molecule has 0 unspecified atom stereocenters. The van der Waals surface area contributed by atoms with E-state index in [0.29, 0.717) is 0 Å². The summed E-state index contributed by atoms with van der Waals surface area (Å²) >= 11 is 6.21. The smallest absolute Gasteiger partial charge is 0.0499 e. The zero-order chi connectivity index (χ0) is 12.0. The van der Waals surface area contributed by atoms with E-state index >= 15 is 0 Å². The summed E-state index contributed by atoms with van der Waals surface area (Å²) in [4.78, 5) is 0. The van der Waals surface area contributed by atoms with Crippen LogP contribution in [0.25, 0.3) is 10.9 Å². The Labute approximate surface area is 106 Å². The van der Waals surface area contributed by atoms with Gasteiger partial charge in [-0.15, -0.1) is 0 Å². The van der Waals surface area contributed by atoms with Crippen molar-refractivity contribution in [2.24, 2.45) is 12.8 Å². The Bertz CT molecular complexity index is 567. The summed E-state index contributed by atoms with van der Waals surface area (Å²) in [5, 5.41) is 1.98. The highest BCUT2D eigenvalue weighted by atomic mass is 35.5. The summed E-state index contributed by atoms with van der Waals surface area (Å²) in [6, 6.07) is 8.25. The average molecular weight is 249 g/mol. The zero-order valence-corrected chi connectivity index (χ0v) is 10.8. The van der Waals surface area contributed by atoms with Crippen molar-refractivity contribution in [3.63, 3.8) is 0 Å². The summed E-state index contributed by atoms with van der Waals surface area (Å²) < 4.78 is 2.23. The van der Waals surface area contributed by atoms with Crippen LogP contribution >= 0.6 is 11.6 Å². The minimum absolute atomic E-state index is 0.125. The van der Waals surface area contributed by atoms with Crippen molar-refractivity contribution in [2.75, 3.05) is 0 Å². The second-order valence-corrected chi connectivity index (χ2v) is 5.64. The van der Waals surface area contributed by atoms with E-state index in [2.05, 4.69) is 23.7 Å². The number of hydrogen-bond donors (Lipinski definition) is 1. The van der Waals surface area contributed by atoms with Gasteiger partial charge in [-0.05, 0) is 43.9 Å². The first kappa shape index (κ1) is 11.1. The van der Waals surface area contributed by atoms with E-state index in [9.17, 15) is 0 Å². The molecule has 0 aliphatic heterocycles. The molecular formula is C14H17ClN2. The van der Waals surface area contributed by atoms with Crippen molar-refractivity contribution in [3.8, 4) is 0 Å². The van der Waals surface area contributed by atoms with E-state index in [1.54, 1.807) is 0 Å². The minimum Gasteiger partial charge on any atom is -0.348 e. The molecule has 3 rings (SSSR count). The molecule has 1 heterocycles. The Morgan fingerprint density at radius 3 is 2.82 bits per heavy atom. The molecule has 17 heavy (non-hydrogen) atoms. The fourth-order valence-electron chi connectivity index (χ4n) is 2.41. The highest BCUT2D eigenvalue weighted by Crippen LogP contribution is 2.37. The van der Waals surface area contributed by atoms with Crippen molar-refractivity contribution in [2.45, 2.75) is 31.2 Å². The van der Waals surface area contributed by atoms with E-state index in [4.69, 9.17) is 17.3 Å². The summed E-state index contributed by atoms with van der Waals surface area (Å²) in [5.41, 5.74) is 8.79. The molecule has 2 nitrogen and oxygen atoms in total. The summed E-state index contributed by atoms with van der Waals surface area (Å²) in [6.45, 7) is 0. The molecule has 2 aromatic rings. The van der Waals surface area contributed by atoms with Gasteiger partial charge in [-0.2, -0.15) is 0 Å². The molecule has 3 heteroatoms. The van der Waals surface area contributed by atoms with Gasteiger partial charge in [-0.3, -0.25) is 0 Å². The fraction of sp³-hybridized carbons (Fsp3) is 0.429. The van der Waals surface area contributed by atoms with Crippen molar-refractivity contribution in [3.05, 3.63) is 35.0 Å². The standard InChI is InChI=1S/C14H17ClN2/c1-17-10(5-6-14(16)7-8-14)9-11-12(15)3-2-4-13(11)17/h2-4,9H,5-8,16H2,1H3. The molecular weight excluding hydrogens is 232 g/mol. The molecule has 0 spiro atoms. The second kappa shape index (κ2) is 3.76. The van der Waals surface area contributed by atoms with Gasteiger partial charge < -0.3 is 10.3 Å². The molecule has 1 aliphatic carbocycles. The maximum Gasteiger partial charge on any atom is 0.0499 e. The molecule has 1 aliphatic rings. The number of nitrogens with zero attached hydrogens (tertiary/aromatic N) is 1. The first-order valence-corrected chi connectivity index (χ1v) is 6.49. The number of aromatic nitrogens is 1. The minimum atomic E-state index is 0.125. The second-order valence-electron chi connectivity index (χ2n) is 5.23. The Morgan fingerprint density at radius 1 is 1.41 bits per heavy atom. The van der Waals surface area contributed by atoms with E-state index < -0.39 is 0 Å². The molecule has 0 atom stereocenters. The molecule has 1 fully saturated rings. The SMILES string of the molecule is Cn1c(CCC2(N)CC2)cc2c(Cl)cccc21. The van der Waals surface area contributed by atoms with E-state index in [1.165, 1.54) is 24.1 Å². The first-order chi connectivity index (χ1) is 8.09. The van der Waals surface area contributed by atoms with Gasteiger partial charge in [0.05, 0.1) is 0 Å². The molecule has 0 bridgehead atoms. The third kappa shape index (κ3) is 1.96. The normalized spacial score (nSPS) is 17.6. The summed E-state index contributed by atoms with van der Waals surface area (Å²) in [6.07, 6.45) is 4.47. The number of hydrogen-bond acceptors (Lipinski definition) is 1. The molecule has 0 radical (unpaired) electrons. The van der Waals surface area contributed by atoms with Gasteiger partial charge in [-0.1, -0.05) is 17.7 Å². The molecule has 90 valence electrons. The van der Waals surface area contributed by atoms with Crippen LogP contribution in [0.2, 0.25) is 5.02 Å². The molecule has 1 aromatic carbocycles. The predicted octanol–water partition coefficient (Wildman–Crippen LogP) is 3.26. The van der Waals surface area contributed by atoms with Crippen molar-refractivity contribution < 1.29 is 0 Å². The van der Waals surface area contributed by atoms with Crippen LogP contribution in [-0.2, 0) is 13.5 Å². The molecule has 2 N–H and O–H groups in total. The van der Waals surface area contributed by atoms with Gasteiger partial charge in [0.1, 0.15) is 0 Å². The number of aryl methyl sites for hydroxylation is 2. The van der Waals surface area contributed by atoms with E-state index in [-0.39, 0.29) is 5.54 Å². The van der Waals surface area contributed by atoms with Gasteiger partial charge in [0.2, 0.25) is 0 Å². The highest BCUT2D eigenvalue weighted by Gasteiger charge is 2.37. The largest absolute Gasteiger partial charge is 0.348 e. The van der Waals surface area contributed by atoms with Crippen LogP contribution in [0.3, 0.4) is 0 Å². The van der Waals surface area contributed by atoms with Crippen LogP contribution in [0.4, 0.5) is 0 Å². The van der Waals surface area contributed by atoms with Crippen LogP contribution in [0.1, 0.15) is 25.0 Å². The monoisotopic (exact) mass is 248 g/mol. The molecule has 1 aromatic heterocycles. The third-order valence-electron chi connectivity index (χ3n) is 3.90. The van der Waals surface area contributed by atoms with Crippen LogP contribution in [0, 0.1) is 0 Å². The van der Waals surface area contributed by atoms with Crippen LogP contribution in [0.15, 0.2) is 24.3 Å². The number of benzene rings is 1. The lowest BCUT2D eigenvalue weighted by atomic mass is 10.1. The summed E-state index contributed by atoms with van der Waals surface area (Å²) in [5.74, 6) is 0. The van der Waals surface area contributed by atoms with Crippen LogP contribution < -0.4 is 5.73 Å². The van der Waals surface area contributed by atoms with Gasteiger partial charge in [0, 0.05) is 34.2 Å². The first-order valence-electron chi connectivity index (χ1n) is 6.11. The molecule has 1 saturated carbocycles. The number of halogens is 1. The summed E-state index contributed by atoms with van der Waals surface area (Å²) in [7, 11) is 2.10. The highest BCUT2D eigenvalue weighted by molar-refractivity contribution is 6.35. The Morgan fingerprint density at radius 2 is 2.18 bits per heavy atom. The van der Waals surface area contributed by atoms with Crippen molar-refractivity contribution in [1.82, 2.24) is 4.57 Å². The quantitative estimate of drug-likeness (QED) is 0.888. The van der Waals surface area contributed by atoms with E-state index in [0.717, 1.165) is 23.3 Å². The number of fused-ring (bicyclic) bond motifs is 1. The van der Waals surface area contributed by atoms with Gasteiger partial charge in [-0.25, -0.2) is 0 Å². The lowest BCUT2D eigenvalue weighted by molar-refractivity contribution is 0.596. The van der Waals surface area contributed by atoms with Crippen molar-refractivity contribution in [1.29, 1.82) is 0 Å². The van der Waals surface area contributed by atoms with Crippen molar-refractivity contribution >= 4 is 22.5 Å². The maximum atomic E-state index is 6.21. The Kier molecular flexibility index (Phi) is 2.46. The third-order valence-corrected chi connectivity index (χ3v) is 4.23. The van der Waals surface area contributed by atoms with Crippen LogP contribution in [0.5, 0.6) is 0 Å². The van der Waals surface area contributed by atoms with Gasteiger partial charge in [0.25, 0.3) is 0 Å². The molecule has 0 amide bonds. The van der Waals surface area contributed by atoms with E-state index in [1.807, 2.05) is 12.1 Å². The molecule has 0 saturated heterocycles. The lowest BCUT2D eigenvalue weighted by Crippen LogP contribution is -2.22. The predicted molar refractivity (Wildman–Crippen MR) is 72.4 cm³/mol. The zero-order valence-electron chi connectivity index (χ0n) is 10.0. The van der Waals surface area contributed by atoms with Gasteiger partial charge in [0.15, 0.2) is 0 Å². The number of nitrogens with two attached hydrogens (primary N) is 1. The topological polar surface area (TPSA) is 30.9 Å². The Balaban J connectivity index is 1.94. The lowest BCUT2D eigenvalue weighted by Gasteiger charge is -2.08. The Hall–Kier alpha value is -0.990. The van der Waals surface area contributed by atoms with Gasteiger partial charge >= 0.3 is 0 Å².